The van der Waals surface area contributed by atoms with E-state index in [4.69, 9.17) is 12.2 Å². The lowest BCUT2D eigenvalue weighted by Gasteiger charge is -1.80. The van der Waals surface area contributed by atoms with E-state index in [-0.39, 0.29) is 0 Å². The van der Waals surface area contributed by atoms with Gasteiger partial charge in [0, 0.05) is 11.0 Å². The molecule has 1 aliphatic heterocycles. The van der Waals surface area contributed by atoms with E-state index in [0.29, 0.717) is 0 Å². The minimum absolute atomic E-state index is 0.963. The molecule has 0 aromatic carbocycles. The van der Waals surface area contributed by atoms with Crippen LogP contribution in [0.2, 0.25) is 0 Å². The second-order valence-corrected chi connectivity index (χ2v) is 3.47. The molecular weight excluding hydrogens is 134 g/mol. The number of hydrogen-bond acceptors (Lipinski definition) is 3. The minimum Gasteiger partial charge on any atom is -0.314 e. The summed E-state index contributed by atoms with van der Waals surface area (Å²) in [5.41, 5.74) is 0. The zero-order chi connectivity index (χ0) is 4.41. The van der Waals surface area contributed by atoms with Crippen LogP contribution in [0.3, 0.4) is 0 Å². The second kappa shape index (κ2) is 2.04. The normalized spacial score (nSPS) is 21.0. The fraction of sp³-hybridized carbons (Fsp3) is 0.500. The van der Waals surface area contributed by atoms with Crippen molar-refractivity contribution in [1.82, 2.24) is 4.72 Å². The van der Waals surface area contributed by atoms with E-state index in [0.717, 1.165) is 10.7 Å². The van der Waals surface area contributed by atoms with E-state index in [9.17, 15) is 0 Å². The minimum atomic E-state index is 0.963. The lowest BCUT2D eigenvalue weighted by molar-refractivity contribution is 1.59. The average molecular weight is 137 g/mol. The first-order valence-electron chi connectivity index (χ1n) is 1.47. The number of rotatable bonds is 0. The molecule has 0 saturated carbocycles. The number of thiocarbonyl (C=S) groups is 1. The maximum absolute atomic E-state index is 4.77. The molecule has 1 rings (SSSR count). The summed E-state index contributed by atoms with van der Waals surface area (Å²) in [6.45, 7) is 0. The van der Waals surface area contributed by atoms with Crippen molar-refractivity contribution in [3.05, 3.63) is 0 Å². The van der Waals surface area contributed by atoms with Crippen molar-refractivity contribution >= 4 is 39.0 Å². The zero-order valence-electron chi connectivity index (χ0n) is 2.93. The molecule has 1 nitrogen and oxygen atoms in total. The van der Waals surface area contributed by atoms with Gasteiger partial charge in [0.05, 0.1) is 10.7 Å². The summed E-state index contributed by atoms with van der Waals surface area (Å²) < 4.78 is 2.93. The summed E-state index contributed by atoms with van der Waals surface area (Å²) in [5.74, 6) is 0.986. The van der Waals surface area contributed by atoms with E-state index in [1.54, 1.807) is 21.8 Å². The first-order chi connectivity index (χ1) is 2.89. The molecule has 0 radical (unpaired) electrons. The third-order valence-electron chi connectivity index (χ3n) is 0.404. The van der Waals surface area contributed by atoms with Crippen LogP contribution in [-0.4, -0.2) is 10.7 Å². The summed E-state index contributed by atoms with van der Waals surface area (Å²) in [5, 5.41) is 0. The van der Waals surface area contributed by atoms with Crippen LogP contribution in [-0.2, 0) is 0 Å². The monoisotopic (exact) mass is 137 g/mol. The molecule has 1 heterocycles. The van der Waals surface area contributed by atoms with Crippen molar-refractivity contribution in [2.45, 2.75) is 0 Å². The molecule has 0 bridgehead atoms. The Morgan fingerprint density at radius 1 is 1.83 bits per heavy atom. The first kappa shape index (κ1) is 4.74. The topological polar surface area (TPSA) is 12.0 Å². The summed E-state index contributed by atoms with van der Waals surface area (Å²) in [7, 11) is 3.35. The maximum atomic E-state index is 4.77. The predicted molar refractivity (Wildman–Crippen MR) is 35.8 cm³/mol. The van der Waals surface area contributed by atoms with Gasteiger partial charge in [0.2, 0.25) is 0 Å². The van der Waals surface area contributed by atoms with Gasteiger partial charge in [0.1, 0.15) is 0 Å². The molecule has 0 unspecified atom stereocenters. The Hall–Kier alpha value is 0.590. The quantitative estimate of drug-likeness (QED) is 0.306. The van der Waals surface area contributed by atoms with Crippen molar-refractivity contribution in [1.29, 1.82) is 0 Å². The lowest BCUT2D eigenvalue weighted by Crippen LogP contribution is -2.05. The van der Waals surface area contributed by atoms with Crippen LogP contribution in [0.5, 0.6) is 0 Å². The molecule has 1 fully saturated rings. The molecule has 0 aliphatic carbocycles. The van der Waals surface area contributed by atoms with Crippen LogP contribution in [0.4, 0.5) is 0 Å². The fourth-order valence-electron chi connectivity index (χ4n) is 0.188. The van der Waals surface area contributed by atoms with Crippen LogP contribution in [0.25, 0.3) is 0 Å². The molecule has 0 amide bonds. The highest BCUT2D eigenvalue weighted by molar-refractivity contribution is 8.77. The van der Waals surface area contributed by atoms with Gasteiger partial charge in [-0.05, 0) is 0 Å². The Kier molecular flexibility index (Phi) is 1.62. The highest BCUT2D eigenvalue weighted by atomic mass is 33.1. The molecule has 0 spiro atoms. The molecular formula is C2H3NS3. The SMILES string of the molecule is S=C1CSSN1. The molecule has 1 aliphatic rings. The van der Waals surface area contributed by atoms with Crippen molar-refractivity contribution in [3.8, 4) is 0 Å². The molecule has 0 aromatic rings. The average Bonchev–Trinajstić information content (AvgIpc) is 1.86. The Morgan fingerprint density at radius 2 is 2.67 bits per heavy atom. The summed E-state index contributed by atoms with van der Waals surface area (Å²) >= 11 is 4.77. The lowest BCUT2D eigenvalue weighted by atomic mass is 10.8. The Balaban J connectivity index is 2.37. The molecule has 6 heavy (non-hydrogen) atoms. The summed E-state index contributed by atoms with van der Waals surface area (Å²) in [4.78, 5) is 0.963. The predicted octanol–water partition coefficient (Wildman–Crippen LogP) is 1.21. The molecule has 4 heteroatoms. The van der Waals surface area contributed by atoms with Crippen molar-refractivity contribution in [3.63, 3.8) is 0 Å². The zero-order valence-corrected chi connectivity index (χ0v) is 5.38. The van der Waals surface area contributed by atoms with Crippen molar-refractivity contribution in [2.24, 2.45) is 0 Å². The van der Waals surface area contributed by atoms with Gasteiger partial charge >= 0.3 is 0 Å². The first-order valence-corrected chi connectivity index (χ1v) is 4.19. The molecule has 0 aromatic heterocycles. The van der Waals surface area contributed by atoms with E-state index in [1.807, 2.05) is 0 Å². The number of nitrogens with one attached hydrogen (secondary N) is 1. The fourth-order valence-corrected chi connectivity index (χ4v) is 2.43. The van der Waals surface area contributed by atoms with E-state index >= 15 is 0 Å². The van der Waals surface area contributed by atoms with E-state index < -0.39 is 0 Å². The van der Waals surface area contributed by atoms with Gasteiger partial charge in [-0.2, -0.15) is 0 Å². The van der Waals surface area contributed by atoms with Crippen LogP contribution in [0.15, 0.2) is 0 Å². The van der Waals surface area contributed by atoms with Gasteiger partial charge in [-0.3, -0.25) is 0 Å². The maximum Gasteiger partial charge on any atom is 0.0968 e. The van der Waals surface area contributed by atoms with Crippen LogP contribution in [0, 0.1) is 0 Å². The van der Waals surface area contributed by atoms with Gasteiger partial charge in [-0.15, -0.1) is 0 Å². The Morgan fingerprint density at radius 3 is 2.83 bits per heavy atom. The second-order valence-electron chi connectivity index (χ2n) is 0.871. The third-order valence-corrected chi connectivity index (χ3v) is 2.77. The van der Waals surface area contributed by atoms with Gasteiger partial charge in [0.25, 0.3) is 0 Å². The third kappa shape index (κ3) is 1.03. The van der Waals surface area contributed by atoms with E-state index in [2.05, 4.69) is 4.72 Å². The molecule has 1 saturated heterocycles. The van der Waals surface area contributed by atoms with Gasteiger partial charge in [-0.1, -0.05) is 23.0 Å². The number of hydrogen-bond donors (Lipinski definition) is 1. The highest BCUT2D eigenvalue weighted by Crippen LogP contribution is 2.23. The summed E-state index contributed by atoms with van der Waals surface area (Å²) in [6.07, 6.45) is 0. The summed E-state index contributed by atoms with van der Waals surface area (Å²) in [6, 6.07) is 0. The highest BCUT2D eigenvalue weighted by Gasteiger charge is 2.03. The van der Waals surface area contributed by atoms with Gasteiger partial charge in [-0.25, -0.2) is 0 Å². The van der Waals surface area contributed by atoms with Crippen LogP contribution in [0.1, 0.15) is 0 Å². The smallest absolute Gasteiger partial charge is 0.0968 e. The van der Waals surface area contributed by atoms with Crippen molar-refractivity contribution in [2.75, 3.05) is 5.75 Å². The van der Waals surface area contributed by atoms with Crippen molar-refractivity contribution < 1.29 is 0 Å². The van der Waals surface area contributed by atoms with Crippen LogP contribution >= 0.6 is 34.0 Å². The Labute approximate surface area is 49.8 Å². The van der Waals surface area contributed by atoms with Gasteiger partial charge < -0.3 is 4.72 Å². The van der Waals surface area contributed by atoms with Crippen LogP contribution < -0.4 is 4.72 Å². The largest absolute Gasteiger partial charge is 0.314 e. The standard InChI is InChI=1S/C2H3NS3/c4-2-1-5-6-3-2/h1H2,(H,3,4). The molecule has 34 valence electrons. The Bertz CT molecular complexity index is 63.2. The van der Waals surface area contributed by atoms with Gasteiger partial charge in [0.15, 0.2) is 0 Å². The molecule has 1 N–H and O–H groups in total. The molecule has 0 atom stereocenters. The van der Waals surface area contributed by atoms with E-state index in [1.165, 1.54) is 0 Å².